The number of anilines is 1. The van der Waals surface area contributed by atoms with Crippen LogP contribution in [0.25, 0.3) is 0 Å². The van der Waals surface area contributed by atoms with Crippen LogP contribution in [0.2, 0.25) is 5.02 Å². The minimum Gasteiger partial charge on any atom is -0.470 e. The predicted molar refractivity (Wildman–Crippen MR) is 49.9 cm³/mol. The van der Waals surface area contributed by atoms with E-state index in [1.165, 1.54) is 6.07 Å². The second-order valence-corrected chi connectivity index (χ2v) is 3.29. The summed E-state index contributed by atoms with van der Waals surface area (Å²) in [5.41, 5.74) is 0.488. The zero-order valence-corrected chi connectivity index (χ0v) is 7.81. The van der Waals surface area contributed by atoms with Crippen LogP contribution in [0.4, 0.5) is 10.1 Å². The molecule has 2 rings (SSSR count). The number of halogens is 2. The quantitative estimate of drug-likeness (QED) is 0.717. The summed E-state index contributed by atoms with van der Waals surface area (Å²) in [5, 5.41) is 11.7. The molecule has 0 aliphatic carbocycles. The van der Waals surface area contributed by atoms with Crippen LogP contribution in [0.1, 0.15) is 0 Å². The number of nitrogens with zero attached hydrogens (tertiary/aromatic N) is 1. The molecule has 0 radical (unpaired) electrons. The fraction of sp³-hybridized carbons (Fsp3) is 0.222. The van der Waals surface area contributed by atoms with E-state index in [1.54, 1.807) is 0 Å². The smallest absolute Gasteiger partial charge is 0.201 e. The summed E-state index contributed by atoms with van der Waals surface area (Å²) in [6.07, 6.45) is -0.578. The molecule has 1 atom stereocenters. The lowest BCUT2D eigenvalue weighted by atomic mass is 10.2. The number of nitriles is 1. The number of hydrogen-bond acceptors (Lipinski definition) is 3. The van der Waals surface area contributed by atoms with E-state index in [0.717, 1.165) is 6.07 Å². The van der Waals surface area contributed by atoms with Gasteiger partial charge in [0.05, 0.1) is 17.3 Å². The van der Waals surface area contributed by atoms with E-state index in [1.807, 2.05) is 6.07 Å². The third kappa shape index (κ3) is 1.47. The van der Waals surface area contributed by atoms with Gasteiger partial charge >= 0.3 is 0 Å². The molecule has 0 saturated carbocycles. The molecule has 1 unspecified atom stereocenters. The molecule has 3 nitrogen and oxygen atoms in total. The zero-order valence-electron chi connectivity index (χ0n) is 7.05. The van der Waals surface area contributed by atoms with E-state index in [4.69, 9.17) is 21.6 Å². The first-order chi connectivity index (χ1) is 6.70. The average molecular weight is 213 g/mol. The number of benzene rings is 1. The summed E-state index contributed by atoms with van der Waals surface area (Å²) in [4.78, 5) is 0. The van der Waals surface area contributed by atoms with Crippen LogP contribution < -0.4 is 10.1 Å². The first-order valence-corrected chi connectivity index (χ1v) is 4.37. The minimum absolute atomic E-state index is 0.174. The highest BCUT2D eigenvalue weighted by Gasteiger charge is 2.21. The molecule has 0 spiro atoms. The zero-order chi connectivity index (χ0) is 10.1. The molecule has 5 heteroatoms. The van der Waals surface area contributed by atoms with Gasteiger partial charge in [0.1, 0.15) is 11.9 Å². The van der Waals surface area contributed by atoms with Crippen molar-refractivity contribution in [2.75, 3.05) is 11.9 Å². The van der Waals surface area contributed by atoms with E-state index >= 15 is 0 Å². The summed E-state index contributed by atoms with van der Waals surface area (Å²) in [5.74, 6) is -0.0916. The minimum atomic E-state index is -0.578. The van der Waals surface area contributed by atoms with Gasteiger partial charge in [-0.05, 0) is 6.07 Å². The van der Waals surface area contributed by atoms with Crippen molar-refractivity contribution >= 4 is 17.3 Å². The molecule has 1 heterocycles. The Kier molecular flexibility index (Phi) is 2.18. The Morgan fingerprint density at radius 2 is 2.43 bits per heavy atom. The Balaban J connectivity index is 2.43. The lowest BCUT2D eigenvalue weighted by molar-refractivity contribution is 0.259. The summed E-state index contributed by atoms with van der Waals surface area (Å²) in [6.45, 7) is 0.337. The molecule has 1 aliphatic rings. The first-order valence-electron chi connectivity index (χ1n) is 4.00. The molecule has 0 bridgehead atoms. The standard InChI is InChI=1S/C9H6ClFN2O/c10-7-1-5(11)2-8-9(7)14-6(3-12)4-13-8/h1-2,6,13H,4H2. The maximum Gasteiger partial charge on any atom is 0.201 e. The number of rotatable bonds is 0. The molecule has 0 aromatic heterocycles. The molecule has 1 aromatic rings. The van der Waals surface area contributed by atoms with Crippen molar-refractivity contribution in [3.8, 4) is 11.8 Å². The molecule has 1 aromatic carbocycles. The number of ether oxygens (including phenoxy) is 1. The van der Waals surface area contributed by atoms with Gasteiger partial charge in [0.15, 0.2) is 5.75 Å². The second-order valence-electron chi connectivity index (χ2n) is 2.88. The van der Waals surface area contributed by atoms with E-state index < -0.39 is 11.9 Å². The van der Waals surface area contributed by atoms with Crippen LogP contribution in [0, 0.1) is 17.1 Å². The third-order valence-corrected chi connectivity index (χ3v) is 2.17. The average Bonchev–Trinajstić information content (AvgIpc) is 2.17. The van der Waals surface area contributed by atoms with Gasteiger partial charge in [0.2, 0.25) is 6.10 Å². The van der Waals surface area contributed by atoms with E-state index in [9.17, 15) is 4.39 Å². The van der Waals surface area contributed by atoms with Crippen molar-refractivity contribution in [1.82, 2.24) is 0 Å². The second kappa shape index (κ2) is 3.35. The molecule has 14 heavy (non-hydrogen) atoms. The molecule has 0 amide bonds. The third-order valence-electron chi connectivity index (χ3n) is 1.89. The summed E-state index contributed by atoms with van der Waals surface area (Å²) in [6, 6.07) is 4.39. The van der Waals surface area contributed by atoms with Crippen molar-refractivity contribution in [2.45, 2.75) is 6.10 Å². The Bertz CT molecular complexity index is 416. The molecule has 72 valence electrons. The Morgan fingerprint density at radius 3 is 3.14 bits per heavy atom. The van der Waals surface area contributed by atoms with Gasteiger partial charge in [-0.2, -0.15) is 5.26 Å². The van der Waals surface area contributed by atoms with Crippen molar-refractivity contribution in [2.24, 2.45) is 0 Å². The largest absolute Gasteiger partial charge is 0.470 e. The highest BCUT2D eigenvalue weighted by Crippen LogP contribution is 2.36. The van der Waals surface area contributed by atoms with Gasteiger partial charge < -0.3 is 10.1 Å². The monoisotopic (exact) mass is 212 g/mol. The van der Waals surface area contributed by atoms with Crippen LogP contribution in [-0.2, 0) is 0 Å². The molecule has 0 saturated heterocycles. The summed E-state index contributed by atoms with van der Waals surface area (Å²) < 4.78 is 18.1. The van der Waals surface area contributed by atoms with Crippen LogP contribution >= 0.6 is 11.6 Å². The van der Waals surface area contributed by atoms with Crippen molar-refractivity contribution < 1.29 is 9.13 Å². The van der Waals surface area contributed by atoms with Crippen LogP contribution in [0.3, 0.4) is 0 Å². The Hall–Kier alpha value is -1.47. The van der Waals surface area contributed by atoms with Gasteiger partial charge in [-0.15, -0.1) is 0 Å². The lowest BCUT2D eigenvalue weighted by Gasteiger charge is -2.23. The molecule has 1 aliphatic heterocycles. The van der Waals surface area contributed by atoms with Gasteiger partial charge in [0.25, 0.3) is 0 Å². The maximum absolute atomic E-state index is 12.9. The van der Waals surface area contributed by atoms with Crippen molar-refractivity contribution in [1.29, 1.82) is 5.26 Å². The molecule has 1 N–H and O–H groups in total. The normalized spacial score (nSPS) is 18.8. The van der Waals surface area contributed by atoms with Crippen LogP contribution in [-0.4, -0.2) is 12.6 Å². The lowest BCUT2D eigenvalue weighted by Crippen LogP contribution is -2.29. The fourth-order valence-electron chi connectivity index (χ4n) is 1.27. The van der Waals surface area contributed by atoms with Crippen molar-refractivity contribution in [3.63, 3.8) is 0 Å². The van der Waals surface area contributed by atoms with Gasteiger partial charge in [-0.3, -0.25) is 0 Å². The van der Waals surface area contributed by atoms with Crippen LogP contribution in [0.5, 0.6) is 5.75 Å². The topological polar surface area (TPSA) is 45.0 Å². The van der Waals surface area contributed by atoms with Gasteiger partial charge in [0, 0.05) is 6.07 Å². The molecular formula is C9H6ClFN2O. The molecule has 0 fully saturated rings. The van der Waals surface area contributed by atoms with Crippen molar-refractivity contribution in [3.05, 3.63) is 23.0 Å². The Labute approximate surface area is 85.0 Å². The SMILES string of the molecule is N#CC1CNc2cc(F)cc(Cl)c2O1. The highest BCUT2D eigenvalue weighted by molar-refractivity contribution is 6.32. The van der Waals surface area contributed by atoms with Crippen LogP contribution in [0.15, 0.2) is 12.1 Å². The predicted octanol–water partition coefficient (Wildman–Crippen LogP) is 2.18. The number of hydrogen-bond donors (Lipinski definition) is 1. The first kappa shape index (κ1) is 9.10. The van der Waals surface area contributed by atoms with E-state index in [0.29, 0.717) is 18.0 Å². The van der Waals surface area contributed by atoms with E-state index in [2.05, 4.69) is 5.32 Å². The summed E-state index contributed by atoms with van der Waals surface area (Å²) in [7, 11) is 0. The maximum atomic E-state index is 12.9. The molecular weight excluding hydrogens is 207 g/mol. The Morgan fingerprint density at radius 1 is 1.64 bits per heavy atom. The van der Waals surface area contributed by atoms with Gasteiger partial charge in [-0.25, -0.2) is 4.39 Å². The van der Waals surface area contributed by atoms with E-state index in [-0.39, 0.29) is 5.02 Å². The fourth-order valence-corrected chi connectivity index (χ4v) is 1.52. The number of nitrogens with one attached hydrogen (secondary N) is 1. The number of fused-ring (bicyclic) bond motifs is 1. The summed E-state index contributed by atoms with van der Waals surface area (Å²) >= 11 is 5.76. The van der Waals surface area contributed by atoms with Gasteiger partial charge in [-0.1, -0.05) is 11.6 Å². The highest BCUT2D eigenvalue weighted by atomic mass is 35.5.